The van der Waals surface area contributed by atoms with Crippen molar-refractivity contribution in [2.45, 2.75) is 52.1 Å². The fourth-order valence-corrected chi connectivity index (χ4v) is 4.99. The van der Waals surface area contributed by atoms with E-state index in [1.807, 2.05) is 24.3 Å². The van der Waals surface area contributed by atoms with E-state index in [1.54, 1.807) is 0 Å². The third kappa shape index (κ3) is 5.08. The molecule has 1 aliphatic carbocycles. The summed E-state index contributed by atoms with van der Waals surface area (Å²) in [6.07, 6.45) is -1.81. The molecule has 5 N–H and O–H groups in total. The van der Waals surface area contributed by atoms with Crippen molar-refractivity contribution in [3.05, 3.63) is 30.0 Å². The van der Waals surface area contributed by atoms with E-state index >= 15 is 0 Å². The van der Waals surface area contributed by atoms with Crippen LogP contribution in [0.2, 0.25) is 0 Å². The Balaban J connectivity index is 1.78. The van der Waals surface area contributed by atoms with Crippen molar-refractivity contribution >= 4 is 33.3 Å². The monoisotopic (exact) mass is 475 g/mol. The molecule has 0 saturated heterocycles. The molecule has 4 rings (SSSR count). The zero-order valence-corrected chi connectivity index (χ0v) is 19.7. The molecule has 1 aliphatic rings. The molecule has 0 amide bonds. The number of anilines is 2. The lowest BCUT2D eigenvalue weighted by Gasteiger charge is -2.23. The highest BCUT2D eigenvalue weighted by Crippen LogP contribution is 2.38. The second kappa shape index (κ2) is 9.46. The number of aromatic nitrogens is 3. The summed E-state index contributed by atoms with van der Waals surface area (Å²) in [5, 5.41) is 37.3. The highest BCUT2D eigenvalue weighted by Gasteiger charge is 2.41. The Morgan fingerprint density at radius 1 is 1.12 bits per heavy atom. The van der Waals surface area contributed by atoms with Crippen molar-refractivity contribution < 1.29 is 19.7 Å². The topological polar surface area (TPSA) is 123 Å². The second-order valence-corrected chi connectivity index (χ2v) is 10.7. The van der Waals surface area contributed by atoms with E-state index in [0.717, 1.165) is 10.2 Å². The van der Waals surface area contributed by atoms with Crippen molar-refractivity contribution in [2.24, 2.45) is 11.3 Å². The van der Waals surface area contributed by atoms with Crippen molar-refractivity contribution in [3.63, 3.8) is 0 Å². The van der Waals surface area contributed by atoms with E-state index < -0.39 is 30.8 Å². The lowest BCUT2D eigenvalue weighted by molar-refractivity contribution is 0.00446. The van der Waals surface area contributed by atoms with Gasteiger partial charge in [0.25, 0.3) is 0 Å². The van der Waals surface area contributed by atoms with Crippen molar-refractivity contribution in [1.82, 2.24) is 15.0 Å². The molecule has 0 unspecified atom stereocenters. The van der Waals surface area contributed by atoms with Crippen LogP contribution in [0.3, 0.4) is 0 Å². The molecule has 8 nitrogen and oxygen atoms in total. The molecule has 33 heavy (non-hydrogen) atoms. The fraction of sp³-hybridized carbons (Fsp3) is 0.522. The molecule has 0 aliphatic heterocycles. The average molecular weight is 476 g/mol. The van der Waals surface area contributed by atoms with Crippen LogP contribution in [0.4, 0.5) is 16.2 Å². The third-order valence-electron chi connectivity index (χ3n) is 5.75. The van der Waals surface area contributed by atoms with Crippen LogP contribution in [-0.4, -0.2) is 61.7 Å². The Hall–Kier alpha value is -2.40. The van der Waals surface area contributed by atoms with Crippen molar-refractivity contribution in [2.75, 3.05) is 23.8 Å². The maximum Gasteiger partial charge on any atom is 0.225 e. The van der Waals surface area contributed by atoms with Gasteiger partial charge in [0.15, 0.2) is 0 Å². The summed E-state index contributed by atoms with van der Waals surface area (Å²) in [4.78, 5) is 13.7. The number of rotatable bonds is 7. The predicted octanol–water partition coefficient (Wildman–Crippen LogP) is 3.20. The Kier molecular flexibility index (Phi) is 6.81. The quantitative estimate of drug-likeness (QED) is 0.353. The van der Waals surface area contributed by atoms with E-state index in [-0.39, 0.29) is 23.7 Å². The van der Waals surface area contributed by atoms with Gasteiger partial charge in [-0.1, -0.05) is 32.9 Å². The molecule has 0 spiro atoms. The van der Waals surface area contributed by atoms with E-state index in [4.69, 9.17) is 0 Å². The standard InChI is InChI=1S/C23H30FN5O3S/c1-23(2,3)11-25-22-28-15(9-24)17(21-27-13-6-4-5-7-16(13)33-21)20(29-22)26-14-8-12(10-30)18(31)19(14)32/h4-7,12,14,18-19,30-32H,8-11H2,1-3H3,(H2,25,26,28,29)/t12-,14-,18-,19+/m1/s1. The third-order valence-corrected chi connectivity index (χ3v) is 6.81. The van der Waals surface area contributed by atoms with Gasteiger partial charge in [-0.3, -0.25) is 0 Å². The SMILES string of the molecule is CC(C)(C)CNc1nc(CF)c(-c2nc3ccccc3s2)c(N[C@@H]2C[C@H](CO)[C@@H](O)[C@H]2O)n1. The van der Waals surface area contributed by atoms with Crippen LogP contribution < -0.4 is 10.6 Å². The zero-order valence-electron chi connectivity index (χ0n) is 18.9. The van der Waals surface area contributed by atoms with Gasteiger partial charge < -0.3 is 26.0 Å². The molecular formula is C23H30FN5O3S. The van der Waals surface area contributed by atoms with Crippen LogP contribution in [-0.2, 0) is 6.67 Å². The first-order chi connectivity index (χ1) is 15.7. The number of halogens is 1. The van der Waals surface area contributed by atoms with Crippen molar-refractivity contribution in [1.29, 1.82) is 0 Å². The first-order valence-electron chi connectivity index (χ1n) is 11.0. The molecule has 2 heterocycles. The summed E-state index contributed by atoms with van der Waals surface area (Å²) in [6, 6.07) is 7.08. The molecule has 2 aromatic heterocycles. The summed E-state index contributed by atoms with van der Waals surface area (Å²) in [7, 11) is 0. The number of nitrogens with one attached hydrogen (secondary N) is 2. The first kappa shape index (κ1) is 23.7. The molecule has 4 atom stereocenters. The van der Waals surface area contributed by atoms with Crippen LogP contribution in [0.1, 0.15) is 32.9 Å². The minimum absolute atomic E-state index is 0.0430. The maximum absolute atomic E-state index is 14.2. The minimum atomic E-state index is -1.10. The number of hydrogen-bond donors (Lipinski definition) is 5. The van der Waals surface area contributed by atoms with Crippen LogP contribution in [0.25, 0.3) is 20.8 Å². The molecule has 1 fully saturated rings. The number of para-hydroxylation sites is 1. The Labute approximate surface area is 195 Å². The predicted molar refractivity (Wildman–Crippen MR) is 128 cm³/mol. The van der Waals surface area contributed by atoms with Gasteiger partial charge >= 0.3 is 0 Å². The van der Waals surface area contributed by atoms with Crippen LogP contribution in [0.15, 0.2) is 24.3 Å². The van der Waals surface area contributed by atoms with Gasteiger partial charge in [-0.15, -0.1) is 11.3 Å². The van der Waals surface area contributed by atoms with Gasteiger partial charge in [0.1, 0.15) is 23.6 Å². The lowest BCUT2D eigenvalue weighted by atomic mass is 9.97. The summed E-state index contributed by atoms with van der Waals surface area (Å²) in [5.74, 6) is 0.156. The first-order valence-corrected chi connectivity index (χ1v) is 11.8. The maximum atomic E-state index is 14.2. The number of benzene rings is 1. The minimum Gasteiger partial charge on any atom is -0.396 e. The smallest absolute Gasteiger partial charge is 0.225 e. The number of thiazole rings is 1. The summed E-state index contributed by atoms with van der Waals surface area (Å²) in [5.41, 5.74) is 1.38. The normalized spacial score (nSPS) is 23.2. The van der Waals surface area contributed by atoms with Gasteiger partial charge in [-0.05, 0) is 24.0 Å². The highest BCUT2D eigenvalue weighted by molar-refractivity contribution is 7.21. The van der Waals surface area contributed by atoms with Gasteiger partial charge in [0.2, 0.25) is 5.95 Å². The summed E-state index contributed by atoms with van der Waals surface area (Å²) in [6.45, 7) is 5.72. The van der Waals surface area contributed by atoms with Gasteiger partial charge in [0.05, 0.1) is 33.6 Å². The highest BCUT2D eigenvalue weighted by atomic mass is 32.1. The molecule has 1 aromatic carbocycles. The molecule has 0 radical (unpaired) electrons. The lowest BCUT2D eigenvalue weighted by Crippen LogP contribution is -2.36. The Morgan fingerprint density at radius 3 is 2.52 bits per heavy atom. The molecular weight excluding hydrogens is 445 g/mol. The molecule has 178 valence electrons. The molecule has 1 saturated carbocycles. The number of aliphatic hydroxyl groups excluding tert-OH is 3. The summed E-state index contributed by atoms with van der Waals surface area (Å²) < 4.78 is 15.2. The van der Waals surface area contributed by atoms with E-state index in [1.165, 1.54) is 11.3 Å². The van der Waals surface area contributed by atoms with E-state index in [9.17, 15) is 19.7 Å². The van der Waals surface area contributed by atoms with E-state index in [2.05, 4.69) is 46.4 Å². The summed E-state index contributed by atoms with van der Waals surface area (Å²) >= 11 is 1.41. The zero-order chi connectivity index (χ0) is 23.8. The van der Waals surface area contributed by atoms with Gasteiger partial charge in [-0.2, -0.15) is 4.98 Å². The number of hydrogen-bond acceptors (Lipinski definition) is 9. The van der Waals surface area contributed by atoms with Gasteiger partial charge in [-0.25, -0.2) is 14.4 Å². The van der Waals surface area contributed by atoms with Crippen molar-refractivity contribution in [3.8, 4) is 10.6 Å². The van der Waals surface area contributed by atoms with Crippen LogP contribution >= 0.6 is 11.3 Å². The average Bonchev–Trinajstić information content (AvgIpc) is 3.33. The number of fused-ring (bicyclic) bond motifs is 1. The Bertz CT molecular complexity index is 1090. The van der Waals surface area contributed by atoms with E-state index in [0.29, 0.717) is 29.4 Å². The van der Waals surface area contributed by atoms with Crippen LogP contribution in [0, 0.1) is 11.3 Å². The number of alkyl halides is 1. The molecule has 10 heteroatoms. The van der Waals surface area contributed by atoms with Crippen LogP contribution in [0.5, 0.6) is 0 Å². The van der Waals surface area contributed by atoms with Gasteiger partial charge in [0, 0.05) is 19.1 Å². The molecule has 0 bridgehead atoms. The number of aliphatic hydroxyl groups is 3. The fourth-order valence-electron chi connectivity index (χ4n) is 3.96. The second-order valence-electron chi connectivity index (χ2n) is 9.66. The Morgan fingerprint density at radius 2 is 1.88 bits per heavy atom. The largest absolute Gasteiger partial charge is 0.396 e. The molecule has 3 aromatic rings. The number of nitrogens with zero attached hydrogens (tertiary/aromatic N) is 3.